The average molecular weight is 141 g/mol. The first kappa shape index (κ1) is 6.69. The molecule has 0 aromatic carbocycles. The molecule has 54 valence electrons. The predicted octanol–water partition coefficient (Wildman–Crippen LogP) is -0.221. The Bertz CT molecular complexity index is 242. The first-order valence-corrected chi connectivity index (χ1v) is 2.64. The Morgan fingerprint density at radius 1 is 1.80 bits per heavy atom. The molecule has 0 fully saturated rings. The fourth-order valence-electron chi connectivity index (χ4n) is 0.601. The molecule has 1 aromatic heterocycles. The van der Waals surface area contributed by atoms with Crippen LogP contribution < -0.4 is 11.5 Å². The van der Waals surface area contributed by atoms with E-state index >= 15 is 0 Å². The van der Waals surface area contributed by atoms with Gasteiger partial charge in [0.25, 0.3) is 0 Å². The maximum atomic E-state index is 9.93. The van der Waals surface area contributed by atoms with E-state index in [1.807, 2.05) is 0 Å². The molecule has 6 nitrogen and oxygen atoms in total. The summed E-state index contributed by atoms with van der Waals surface area (Å²) in [5, 5.41) is 6.30. The van der Waals surface area contributed by atoms with E-state index in [0.29, 0.717) is 0 Å². The minimum absolute atomic E-state index is 0.130. The number of anilines is 1. The Balaban J connectivity index is 3.08. The van der Waals surface area contributed by atoms with Crippen molar-refractivity contribution in [2.24, 2.45) is 10.9 Å². The van der Waals surface area contributed by atoms with Crippen molar-refractivity contribution < 1.29 is 0 Å². The molecule has 1 rings (SSSR count). The first-order valence-electron chi connectivity index (χ1n) is 2.64. The van der Waals surface area contributed by atoms with Crippen LogP contribution in [-0.4, -0.2) is 9.78 Å². The molecule has 10 heavy (non-hydrogen) atoms. The van der Waals surface area contributed by atoms with Crippen molar-refractivity contribution in [3.05, 3.63) is 11.1 Å². The highest BCUT2D eigenvalue weighted by atomic mass is 16.3. The standard InChI is InChI=1S/C4H7N5O/c5-2-9-4(6)3(8-10)1-7-9/h1H,2,5-6H2. The zero-order valence-corrected chi connectivity index (χ0v) is 5.19. The van der Waals surface area contributed by atoms with Gasteiger partial charge in [-0.05, 0) is 5.18 Å². The topological polar surface area (TPSA) is 99.3 Å². The number of hydrogen-bond acceptors (Lipinski definition) is 5. The lowest BCUT2D eigenvalue weighted by Gasteiger charge is -1.95. The number of nitrogen functional groups attached to an aromatic ring is 1. The van der Waals surface area contributed by atoms with Crippen LogP contribution in [0.5, 0.6) is 0 Å². The van der Waals surface area contributed by atoms with Gasteiger partial charge in [0.1, 0.15) is 0 Å². The monoisotopic (exact) mass is 141 g/mol. The summed E-state index contributed by atoms with van der Waals surface area (Å²) in [6.07, 6.45) is 1.27. The third kappa shape index (κ3) is 0.841. The highest BCUT2D eigenvalue weighted by Gasteiger charge is 2.04. The minimum Gasteiger partial charge on any atom is -0.382 e. The maximum absolute atomic E-state index is 9.93. The van der Waals surface area contributed by atoms with Crippen LogP contribution in [0.3, 0.4) is 0 Å². The van der Waals surface area contributed by atoms with Gasteiger partial charge < -0.3 is 11.5 Å². The summed E-state index contributed by atoms with van der Waals surface area (Å²) in [5.74, 6) is 0.206. The maximum Gasteiger partial charge on any atom is 0.169 e. The van der Waals surface area contributed by atoms with E-state index in [0.717, 1.165) is 0 Å². The quantitative estimate of drug-likeness (QED) is 0.556. The van der Waals surface area contributed by atoms with Gasteiger partial charge in [0, 0.05) is 0 Å². The van der Waals surface area contributed by atoms with Crippen LogP contribution in [0.15, 0.2) is 11.4 Å². The zero-order valence-electron chi connectivity index (χ0n) is 5.19. The largest absolute Gasteiger partial charge is 0.382 e. The summed E-state index contributed by atoms with van der Waals surface area (Å²) in [6, 6.07) is 0. The molecule has 4 N–H and O–H groups in total. The molecule has 0 bridgehead atoms. The van der Waals surface area contributed by atoms with Crippen molar-refractivity contribution in [2.75, 3.05) is 5.73 Å². The summed E-state index contributed by atoms with van der Waals surface area (Å²) in [5.41, 5.74) is 10.7. The number of nitrogens with two attached hydrogens (primary N) is 2. The van der Waals surface area contributed by atoms with E-state index in [1.54, 1.807) is 0 Å². The molecule has 0 aliphatic carbocycles. The summed E-state index contributed by atoms with van der Waals surface area (Å²) in [4.78, 5) is 9.93. The van der Waals surface area contributed by atoms with E-state index in [9.17, 15) is 4.91 Å². The van der Waals surface area contributed by atoms with Crippen LogP contribution in [0.25, 0.3) is 0 Å². The third-order valence-corrected chi connectivity index (χ3v) is 1.13. The Kier molecular flexibility index (Phi) is 1.63. The highest BCUT2D eigenvalue weighted by Crippen LogP contribution is 2.18. The van der Waals surface area contributed by atoms with Crippen molar-refractivity contribution in [1.82, 2.24) is 9.78 Å². The van der Waals surface area contributed by atoms with Crippen LogP contribution in [0.2, 0.25) is 0 Å². The normalized spacial score (nSPS) is 9.70. The van der Waals surface area contributed by atoms with Gasteiger partial charge >= 0.3 is 0 Å². The van der Waals surface area contributed by atoms with Crippen molar-refractivity contribution in [1.29, 1.82) is 0 Å². The first-order chi connectivity index (χ1) is 4.79. The summed E-state index contributed by atoms with van der Waals surface area (Å²) in [7, 11) is 0. The van der Waals surface area contributed by atoms with Gasteiger partial charge in [-0.2, -0.15) is 5.10 Å². The molecule has 0 saturated heterocycles. The summed E-state index contributed by atoms with van der Waals surface area (Å²) >= 11 is 0. The lowest BCUT2D eigenvalue weighted by Crippen LogP contribution is -2.10. The Labute approximate surface area is 56.8 Å². The molecule has 1 heterocycles. The van der Waals surface area contributed by atoms with Gasteiger partial charge in [-0.1, -0.05) is 0 Å². The average Bonchev–Trinajstić information content (AvgIpc) is 2.30. The minimum atomic E-state index is 0.130. The Morgan fingerprint density at radius 3 is 2.80 bits per heavy atom. The number of rotatable bonds is 2. The molecule has 1 aromatic rings. The zero-order chi connectivity index (χ0) is 7.56. The van der Waals surface area contributed by atoms with Gasteiger partial charge in [-0.15, -0.1) is 4.91 Å². The fraction of sp³-hybridized carbons (Fsp3) is 0.250. The molecule has 0 atom stereocenters. The second-order valence-corrected chi connectivity index (χ2v) is 1.69. The van der Waals surface area contributed by atoms with E-state index in [4.69, 9.17) is 11.5 Å². The van der Waals surface area contributed by atoms with E-state index in [1.165, 1.54) is 10.9 Å². The van der Waals surface area contributed by atoms with Gasteiger partial charge in [0.2, 0.25) is 0 Å². The van der Waals surface area contributed by atoms with E-state index < -0.39 is 0 Å². The smallest absolute Gasteiger partial charge is 0.169 e. The van der Waals surface area contributed by atoms with Gasteiger partial charge in [-0.25, -0.2) is 4.68 Å². The molecule has 0 aliphatic rings. The molecule has 0 unspecified atom stereocenters. The van der Waals surface area contributed by atoms with Crippen LogP contribution in [0.1, 0.15) is 0 Å². The summed E-state index contributed by atoms with van der Waals surface area (Å²) < 4.78 is 1.29. The molecular formula is C4H7N5O. The van der Waals surface area contributed by atoms with Crippen LogP contribution in [-0.2, 0) is 6.67 Å². The van der Waals surface area contributed by atoms with Crippen molar-refractivity contribution in [3.63, 3.8) is 0 Å². The molecule has 0 aliphatic heterocycles. The molecule has 6 heteroatoms. The van der Waals surface area contributed by atoms with Crippen LogP contribution in [0, 0.1) is 4.91 Å². The second kappa shape index (κ2) is 2.44. The highest BCUT2D eigenvalue weighted by molar-refractivity contribution is 5.56. The van der Waals surface area contributed by atoms with E-state index in [2.05, 4.69) is 10.3 Å². The Hall–Kier alpha value is -1.43. The van der Waals surface area contributed by atoms with Crippen molar-refractivity contribution in [3.8, 4) is 0 Å². The Morgan fingerprint density at radius 2 is 2.50 bits per heavy atom. The second-order valence-electron chi connectivity index (χ2n) is 1.69. The van der Waals surface area contributed by atoms with Gasteiger partial charge in [0.15, 0.2) is 11.5 Å². The van der Waals surface area contributed by atoms with Gasteiger partial charge in [-0.3, -0.25) is 0 Å². The van der Waals surface area contributed by atoms with Gasteiger partial charge in [0.05, 0.1) is 12.9 Å². The SMILES string of the molecule is NCn1ncc(N=O)c1N. The van der Waals surface area contributed by atoms with Crippen molar-refractivity contribution in [2.45, 2.75) is 6.67 Å². The van der Waals surface area contributed by atoms with Crippen LogP contribution >= 0.6 is 0 Å². The van der Waals surface area contributed by atoms with Crippen LogP contribution in [0.4, 0.5) is 11.5 Å². The molecule has 0 saturated carbocycles. The lowest BCUT2D eigenvalue weighted by atomic mass is 10.5. The molecule has 0 radical (unpaired) electrons. The number of nitrogens with zero attached hydrogens (tertiary/aromatic N) is 3. The fourth-order valence-corrected chi connectivity index (χ4v) is 0.601. The molecule has 0 spiro atoms. The summed E-state index contributed by atoms with van der Waals surface area (Å²) in [6.45, 7) is 0.154. The number of aromatic nitrogens is 2. The molecular weight excluding hydrogens is 134 g/mol. The molecule has 0 amide bonds. The number of nitroso groups, excluding NO2 is 1. The number of hydrogen-bond donors (Lipinski definition) is 2. The predicted molar refractivity (Wildman–Crippen MR) is 36.3 cm³/mol. The third-order valence-electron chi connectivity index (χ3n) is 1.13. The lowest BCUT2D eigenvalue weighted by molar-refractivity contribution is 0.648. The van der Waals surface area contributed by atoms with Crippen molar-refractivity contribution >= 4 is 11.5 Å². The van der Waals surface area contributed by atoms with E-state index in [-0.39, 0.29) is 18.2 Å².